The van der Waals surface area contributed by atoms with Gasteiger partial charge in [0.15, 0.2) is 4.33 Å². The Morgan fingerprint density at radius 1 is 1.00 bits per heavy atom. The molecular formula is C20H21Cl3N2O2. The van der Waals surface area contributed by atoms with E-state index in [9.17, 15) is 4.79 Å². The summed E-state index contributed by atoms with van der Waals surface area (Å²) in [7, 11) is 0. The Morgan fingerprint density at radius 3 is 2.15 bits per heavy atom. The fraction of sp³-hybridized carbons (Fsp3) is 0.350. The number of morpholine rings is 1. The third-order valence-corrected chi connectivity index (χ3v) is 6.18. The number of alkyl halides is 3. The largest absolute Gasteiger partial charge is 0.379 e. The molecule has 1 saturated heterocycles. The third kappa shape index (κ3) is 4.95. The van der Waals surface area contributed by atoms with Gasteiger partial charge in [0.05, 0.1) is 18.6 Å². The highest BCUT2D eigenvalue weighted by atomic mass is 35.5. The molecule has 0 aromatic heterocycles. The normalized spacial score (nSPS) is 17.9. The van der Waals surface area contributed by atoms with E-state index in [2.05, 4.69) is 5.32 Å². The first-order valence-corrected chi connectivity index (χ1v) is 9.94. The number of hydrogen-bond donors (Lipinski definition) is 1. The van der Waals surface area contributed by atoms with E-state index in [-0.39, 0.29) is 5.91 Å². The zero-order valence-electron chi connectivity index (χ0n) is 14.7. The lowest BCUT2D eigenvalue weighted by atomic mass is 10.1. The summed E-state index contributed by atoms with van der Waals surface area (Å²) in [4.78, 5) is 14.8. The monoisotopic (exact) mass is 426 g/mol. The molecule has 2 unspecified atom stereocenters. The van der Waals surface area contributed by atoms with Crippen LogP contribution >= 0.6 is 34.8 Å². The molecule has 0 saturated carbocycles. The molecule has 1 heterocycles. The van der Waals surface area contributed by atoms with Gasteiger partial charge in [0.25, 0.3) is 5.91 Å². The molecule has 0 spiro atoms. The molecule has 1 amide bonds. The highest BCUT2D eigenvalue weighted by Crippen LogP contribution is 2.44. The van der Waals surface area contributed by atoms with Crippen molar-refractivity contribution in [1.82, 2.24) is 10.2 Å². The molecule has 27 heavy (non-hydrogen) atoms. The molecule has 0 bridgehead atoms. The lowest BCUT2D eigenvalue weighted by Gasteiger charge is -2.42. The van der Waals surface area contributed by atoms with Crippen LogP contribution in [0.15, 0.2) is 60.7 Å². The van der Waals surface area contributed by atoms with Gasteiger partial charge in [-0.05, 0) is 17.7 Å². The quantitative estimate of drug-likeness (QED) is 0.702. The number of ether oxygens (including phenoxy) is 1. The van der Waals surface area contributed by atoms with E-state index < -0.39 is 15.9 Å². The molecule has 1 aliphatic rings. The number of rotatable bonds is 6. The number of carbonyl (C=O) groups is 1. The molecule has 3 rings (SSSR count). The summed E-state index contributed by atoms with van der Waals surface area (Å²) in [5.74, 6) is -0.255. The summed E-state index contributed by atoms with van der Waals surface area (Å²) in [6.07, 6.45) is -0.680. The van der Waals surface area contributed by atoms with Crippen LogP contribution in [0.4, 0.5) is 0 Å². The highest BCUT2D eigenvalue weighted by Gasteiger charge is 2.46. The Bertz CT molecular complexity index is 737. The van der Waals surface area contributed by atoms with Crippen LogP contribution in [0.2, 0.25) is 0 Å². The zero-order valence-corrected chi connectivity index (χ0v) is 16.9. The van der Waals surface area contributed by atoms with Gasteiger partial charge in [0.2, 0.25) is 0 Å². The van der Waals surface area contributed by atoms with E-state index in [1.165, 1.54) is 0 Å². The standard InChI is InChI=1S/C20H21Cl3N2O2/c21-17(15-7-3-1-4-8-15)20(22,23)19(25-11-13-27-14-12-25)24-18(26)16-9-5-2-6-10-16/h1-10,17,19H,11-14H2,(H,24,26). The van der Waals surface area contributed by atoms with E-state index in [4.69, 9.17) is 39.5 Å². The summed E-state index contributed by atoms with van der Waals surface area (Å²) < 4.78 is 3.97. The summed E-state index contributed by atoms with van der Waals surface area (Å²) in [5, 5.41) is 2.26. The van der Waals surface area contributed by atoms with Crippen molar-refractivity contribution in [3.05, 3.63) is 71.8 Å². The van der Waals surface area contributed by atoms with Crippen LogP contribution in [0.5, 0.6) is 0 Å². The molecule has 1 aliphatic heterocycles. The van der Waals surface area contributed by atoms with Crippen molar-refractivity contribution in [3.63, 3.8) is 0 Å². The van der Waals surface area contributed by atoms with Gasteiger partial charge < -0.3 is 10.1 Å². The summed E-state index contributed by atoms with van der Waals surface area (Å²) >= 11 is 20.2. The summed E-state index contributed by atoms with van der Waals surface area (Å²) in [5.41, 5.74) is 1.32. The van der Waals surface area contributed by atoms with Crippen LogP contribution in [0.25, 0.3) is 0 Å². The van der Waals surface area contributed by atoms with Gasteiger partial charge in [-0.2, -0.15) is 0 Å². The molecule has 1 fully saturated rings. The van der Waals surface area contributed by atoms with Crippen molar-refractivity contribution in [2.75, 3.05) is 26.3 Å². The van der Waals surface area contributed by atoms with Crippen molar-refractivity contribution >= 4 is 40.7 Å². The Hall–Kier alpha value is -1.30. The fourth-order valence-electron chi connectivity index (χ4n) is 3.05. The number of halogens is 3. The van der Waals surface area contributed by atoms with E-state index >= 15 is 0 Å². The number of hydrogen-bond acceptors (Lipinski definition) is 3. The molecule has 2 aromatic rings. The first-order chi connectivity index (χ1) is 13.0. The maximum atomic E-state index is 12.8. The van der Waals surface area contributed by atoms with Crippen molar-refractivity contribution in [1.29, 1.82) is 0 Å². The lowest BCUT2D eigenvalue weighted by molar-refractivity contribution is 0.00484. The molecule has 144 valence electrons. The molecule has 2 aromatic carbocycles. The predicted molar refractivity (Wildman–Crippen MR) is 110 cm³/mol. The van der Waals surface area contributed by atoms with Crippen molar-refractivity contribution < 1.29 is 9.53 Å². The second-order valence-electron chi connectivity index (χ2n) is 6.34. The van der Waals surface area contributed by atoms with Gasteiger partial charge >= 0.3 is 0 Å². The smallest absolute Gasteiger partial charge is 0.252 e. The molecule has 0 aliphatic carbocycles. The van der Waals surface area contributed by atoms with Crippen LogP contribution in [0, 0.1) is 0 Å². The average Bonchev–Trinajstić information content (AvgIpc) is 2.73. The zero-order chi connectivity index (χ0) is 19.3. The first-order valence-electron chi connectivity index (χ1n) is 8.74. The van der Waals surface area contributed by atoms with Crippen molar-refractivity contribution in [3.8, 4) is 0 Å². The number of nitrogens with zero attached hydrogens (tertiary/aromatic N) is 1. The lowest BCUT2D eigenvalue weighted by Crippen LogP contribution is -2.60. The van der Waals surface area contributed by atoms with Gasteiger partial charge in [-0.25, -0.2) is 0 Å². The highest BCUT2D eigenvalue weighted by molar-refractivity contribution is 6.52. The second kappa shape index (κ2) is 9.26. The Morgan fingerprint density at radius 2 is 1.56 bits per heavy atom. The number of amides is 1. The van der Waals surface area contributed by atoms with Crippen LogP contribution < -0.4 is 5.32 Å². The fourth-order valence-corrected chi connectivity index (χ4v) is 3.95. The number of nitrogens with one attached hydrogen (secondary N) is 1. The van der Waals surface area contributed by atoms with Crippen LogP contribution in [-0.4, -0.2) is 47.6 Å². The third-order valence-electron chi connectivity index (χ3n) is 4.51. The maximum Gasteiger partial charge on any atom is 0.252 e. The van der Waals surface area contributed by atoms with Gasteiger partial charge in [-0.15, -0.1) is 11.6 Å². The summed E-state index contributed by atoms with van der Waals surface area (Å²) in [6.45, 7) is 2.28. The first kappa shape index (κ1) is 20.4. The minimum absolute atomic E-state index is 0.255. The second-order valence-corrected chi connectivity index (χ2v) is 8.22. The van der Waals surface area contributed by atoms with Crippen LogP contribution in [-0.2, 0) is 4.74 Å². The molecule has 0 radical (unpaired) electrons. The van der Waals surface area contributed by atoms with Crippen LogP contribution in [0.3, 0.4) is 0 Å². The van der Waals surface area contributed by atoms with Gasteiger partial charge in [0, 0.05) is 18.7 Å². The molecule has 2 atom stereocenters. The van der Waals surface area contributed by atoms with Gasteiger partial charge in [-0.3, -0.25) is 9.69 Å². The Kier molecular flexibility index (Phi) is 7.01. The maximum absolute atomic E-state index is 12.8. The Balaban J connectivity index is 1.87. The topological polar surface area (TPSA) is 41.6 Å². The SMILES string of the molecule is O=C(NC(N1CCOCC1)C(Cl)(Cl)C(Cl)c1ccccc1)c1ccccc1. The van der Waals surface area contributed by atoms with E-state index in [1.54, 1.807) is 12.1 Å². The van der Waals surface area contributed by atoms with Crippen molar-refractivity contribution in [2.45, 2.75) is 15.9 Å². The van der Waals surface area contributed by atoms with Crippen LogP contribution in [0.1, 0.15) is 21.3 Å². The summed E-state index contributed by atoms with van der Waals surface area (Å²) in [6, 6.07) is 18.3. The average molecular weight is 428 g/mol. The predicted octanol–water partition coefficient (Wildman–Crippen LogP) is 4.23. The molecule has 1 N–H and O–H groups in total. The molecule has 4 nitrogen and oxygen atoms in total. The van der Waals surface area contributed by atoms with E-state index in [1.807, 2.05) is 53.4 Å². The molecule has 7 heteroatoms. The van der Waals surface area contributed by atoms with E-state index in [0.717, 1.165) is 5.56 Å². The number of benzene rings is 2. The molecular weight excluding hydrogens is 407 g/mol. The van der Waals surface area contributed by atoms with Gasteiger partial charge in [-0.1, -0.05) is 71.7 Å². The van der Waals surface area contributed by atoms with E-state index in [0.29, 0.717) is 31.9 Å². The van der Waals surface area contributed by atoms with Gasteiger partial charge in [0.1, 0.15) is 6.17 Å². The number of carbonyl (C=O) groups excluding carboxylic acids is 1. The minimum atomic E-state index is -1.45. The Labute approximate surface area is 174 Å². The van der Waals surface area contributed by atoms with Crippen molar-refractivity contribution in [2.24, 2.45) is 0 Å². The minimum Gasteiger partial charge on any atom is -0.379 e.